The van der Waals surface area contributed by atoms with E-state index in [1.54, 1.807) is 17.9 Å². The van der Waals surface area contributed by atoms with E-state index in [0.717, 1.165) is 5.69 Å². The molecule has 0 bridgehead atoms. The van der Waals surface area contributed by atoms with Gasteiger partial charge >= 0.3 is 0 Å². The first-order valence-electron chi connectivity index (χ1n) is 4.93. The van der Waals surface area contributed by atoms with E-state index in [0.29, 0.717) is 18.8 Å². The van der Waals surface area contributed by atoms with E-state index in [9.17, 15) is 9.90 Å². The number of carbonyl (C=O) groups excluding carboxylic acids is 1. The summed E-state index contributed by atoms with van der Waals surface area (Å²) in [5, 5.41) is 9.52. The van der Waals surface area contributed by atoms with Crippen LogP contribution in [0.1, 0.15) is 23.1 Å². The molecule has 0 radical (unpaired) electrons. The molecule has 2 heterocycles. The van der Waals surface area contributed by atoms with E-state index < -0.39 is 5.60 Å². The molecule has 0 aliphatic carbocycles. The number of hydrogen-bond donors (Lipinski definition) is 1. The molecule has 1 fully saturated rings. The van der Waals surface area contributed by atoms with Gasteiger partial charge in [-0.3, -0.25) is 4.79 Å². The van der Waals surface area contributed by atoms with Crippen LogP contribution in [0.4, 0.5) is 0 Å². The molecular formula is C11H14N2O2. The molecule has 1 aromatic rings. The summed E-state index contributed by atoms with van der Waals surface area (Å²) in [7, 11) is 0. The molecule has 0 unspecified atom stereocenters. The number of likely N-dealkylation sites (tertiary alicyclic amines) is 1. The van der Waals surface area contributed by atoms with Crippen molar-refractivity contribution in [2.45, 2.75) is 19.4 Å². The first-order chi connectivity index (χ1) is 6.98. The molecule has 1 saturated heterocycles. The fourth-order valence-electron chi connectivity index (χ4n) is 1.74. The Morgan fingerprint density at radius 3 is 2.73 bits per heavy atom. The number of hydrogen-bond acceptors (Lipinski definition) is 3. The molecular weight excluding hydrogens is 192 g/mol. The van der Waals surface area contributed by atoms with Crippen molar-refractivity contribution in [2.24, 2.45) is 0 Å². The van der Waals surface area contributed by atoms with Crippen LogP contribution in [-0.2, 0) is 0 Å². The van der Waals surface area contributed by atoms with E-state index >= 15 is 0 Å². The summed E-state index contributed by atoms with van der Waals surface area (Å²) < 4.78 is 0. The van der Waals surface area contributed by atoms with Gasteiger partial charge in [0.15, 0.2) is 0 Å². The summed E-state index contributed by atoms with van der Waals surface area (Å²) in [4.78, 5) is 17.6. The van der Waals surface area contributed by atoms with Crippen LogP contribution in [0.25, 0.3) is 0 Å². The van der Waals surface area contributed by atoms with Crippen LogP contribution in [0.3, 0.4) is 0 Å². The molecule has 0 saturated carbocycles. The van der Waals surface area contributed by atoms with Gasteiger partial charge < -0.3 is 10.0 Å². The van der Waals surface area contributed by atoms with Crippen LogP contribution in [0.2, 0.25) is 0 Å². The van der Waals surface area contributed by atoms with Gasteiger partial charge in [-0.2, -0.15) is 0 Å². The number of aliphatic hydroxyl groups is 1. The van der Waals surface area contributed by atoms with Crippen molar-refractivity contribution in [3.63, 3.8) is 0 Å². The Kier molecular flexibility index (Phi) is 2.23. The highest BCUT2D eigenvalue weighted by Gasteiger charge is 2.39. The second kappa shape index (κ2) is 3.31. The number of nitrogens with zero attached hydrogens (tertiary/aromatic N) is 2. The van der Waals surface area contributed by atoms with E-state index in [2.05, 4.69) is 4.98 Å². The zero-order valence-corrected chi connectivity index (χ0v) is 8.90. The molecule has 1 N–H and O–H groups in total. The van der Waals surface area contributed by atoms with E-state index in [4.69, 9.17) is 0 Å². The number of amides is 1. The van der Waals surface area contributed by atoms with E-state index in [-0.39, 0.29) is 5.91 Å². The van der Waals surface area contributed by atoms with E-state index in [1.165, 1.54) is 0 Å². The first kappa shape index (κ1) is 10.1. The lowest BCUT2D eigenvalue weighted by Gasteiger charge is -2.43. The van der Waals surface area contributed by atoms with Crippen LogP contribution >= 0.6 is 0 Å². The summed E-state index contributed by atoms with van der Waals surface area (Å²) >= 11 is 0. The summed E-state index contributed by atoms with van der Waals surface area (Å²) in [5.41, 5.74) is 0.554. The molecule has 4 nitrogen and oxygen atoms in total. The normalized spacial score (nSPS) is 18.5. The summed E-state index contributed by atoms with van der Waals surface area (Å²) in [6.45, 7) is 4.35. The molecule has 80 valence electrons. The molecule has 15 heavy (non-hydrogen) atoms. The number of aromatic nitrogens is 1. The van der Waals surface area contributed by atoms with Gasteiger partial charge in [0.1, 0.15) is 5.69 Å². The van der Waals surface area contributed by atoms with Gasteiger partial charge in [0.25, 0.3) is 5.91 Å². The predicted molar refractivity (Wildman–Crippen MR) is 55.5 cm³/mol. The smallest absolute Gasteiger partial charge is 0.272 e. The minimum atomic E-state index is -0.723. The molecule has 1 aliphatic rings. The number of β-amino-alcohol motifs (C(OH)–C–C–N with tert-alkyl or cyclic N) is 1. The zero-order valence-electron chi connectivity index (χ0n) is 8.90. The lowest BCUT2D eigenvalue weighted by atomic mass is 9.96. The van der Waals surface area contributed by atoms with Gasteiger partial charge in [0.2, 0.25) is 0 Å². The van der Waals surface area contributed by atoms with Gasteiger partial charge in [-0.05, 0) is 26.0 Å². The third-order valence-electron chi connectivity index (χ3n) is 2.46. The van der Waals surface area contributed by atoms with Gasteiger partial charge in [-0.25, -0.2) is 4.98 Å². The highest BCUT2D eigenvalue weighted by Crippen LogP contribution is 2.21. The minimum Gasteiger partial charge on any atom is -0.386 e. The maximum Gasteiger partial charge on any atom is 0.272 e. The topological polar surface area (TPSA) is 53.4 Å². The Morgan fingerprint density at radius 1 is 1.53 bits per heavy atom. The maximum absolute atomic E-state index is 11.8. The lowest BCUT2D eigenvalue weighted by molar-refractivity contribution is -0.0670. The summed E-state index contributed by atoms with van der Waals surface area (Å²) in [6, 6.07) is 5.36. The van der Waals surface area contributed by atoms with Crippen molar-refractivity contribution in [3.8, 4) is 0 Å². The van der Waals surface area contributed by atoms with Crippen molar-refractivity contribution in [1.29, 1.82) is 0 Å². The van der Waals surface area contributed by atoms with Crippen molar-refractivity contribution < 1.29 is 9.90 Å². The standard InChI is InChI=1S/C11H14N2O2/c1-8-4-3-5-9(12-8)10(14)13-6-11(2,15)7-13/h3-5,15H,6-7H2,1-2H3. The number of pyridine rings is 1. The van der Waals surface area contributed by atoms with Gasteiger partial charge in [0, 0.05) is 5.69 Å². The highest BCUT2D eigenvalue weighted by molar-refractivity contribution is 5.93. The molecule has 0 atom stereocenters. The Bertz CT molecular complexity index is 393. The van der Waals surface area contributed by atoms with Crippen molar-refractivity contribution in [3.05, 3.63) is 29.6 Å². The molecule has 1 aromatic heterocycles. The Morgan fingerprint density at radius 2 is 2.20 bits per heavy atom. The maximum atomic E-state index is 11.8. The van der Waals surface area contributed by atoms with Gasteiger partial charge in [0.05, 0.1) is 18.7 Å². The van der Waals surface area contributed by atoms with Crippen molar-refractivity contribution >= 4 is 5.91 Å². The number of aryl methyl sites for hydroxylation is 1. The van der Waals surface area contributed by atoms with Crippen LogP contribution < -0.4 is 0 Å². The Labute approximate surface area is 88.6 Å². The zero-order chi connectivity index (χ0) is 11.1. The van der Waals surface area contributed by atoms with Gasteiger partial charge in [-0.1, -0.05) is 6.07 Å². The fourth-order valence-corrected chi connectivity index (χ4v) is 1.74. The second-order valence-electron chi connectivity index (χ2n) is 4.32. The molecule has 4 heteroatoms. The van der Waals surface area contributed by atoms with E-state index in [1.807, 2.05) is 19.1 Å². The van der Waals surface area contributed by atoms with Crippen LogP contribution in [-0.4, -0.2) is 39.6 Å². The SMILES string of the molecule is Cc1cccc(C(=O)N2CC(C)(O)C2)n1. The number of carbonyl (C=O) groups is 1. The molecule has 1 amide bonds. The Balaban J connectivity index is 2.10. The largest absolute Gasteiger partial charge is 0.386 e. The fraction of sp³-hybridized carbons (Fsp3) is 0.455. The highest BCUT2D eigenvalue weighted by atomic mass is 16.3. The van der Waals surface area contributed by atoms with Crippen LogP contribution in [0, 0.1) is 6.92 Å². The molecule has 1 aliphatic heterocycles. The molecule has 0 spiro atoms. The monoisotopic (exact) mass is 206 g/mol. The average Bonchev–Trinajstić information content (AvgIpc) is 2.13. The van der Waals surface area contributed by atoms with Crippen molar-refractivity contribution in [1.82, 2.24) is 9.88 Å². The minimum absolute atomic E-state index is 0.106. The Hall–Kier alpha value is -1.42. The van der Waals surface area contributed by atoms with Crippen LogP contribution in [0.15, 0.2) is 18.2 Å². The summed E-state index contributed by atoms with van der Waals surface area (Å²) in [5.74, 6) is -0.106. The third-order valence-corrected chi connectivity index (χ3v) is 2.46. The third kappa shape index (κ3) is 1.99. The first-order valence-corrected chi connectivity index (χ1v) is 4.93. The lowest BCUT2D eigenvalue weighted by Crippen LogP contribution is -2.61. The van der Waals surface area contributed by atoms with Gasteiger partial charge in [-0.15, -0.1) is 0 Å². The van der Waals surface area contributed by atoms with Crippen LogP contribution in [0.5, 0.6) is 0 Å². The average molecular weight is 206 g/mol. The summed E-state index contributed by atoms with van der Waals surface area (Å²) in [6.07, 6.45) is 0. The molecule has 0 aromatic carbocycles. The number of rotatable bonds is 1. The second-order valence-corrected chi connectivity index (χ2v) is 4.32. The van der Waals surface area contributed by atoms with Crippen molar-refractivity contribution in [2.75, 3.05) is 13.1 Å². The quantitative estimate of drug-likeness (QED) is 0.732. The predicted octanol–water partition coefficient (Wildman–Crippen LogP) is 0.597. The molecule has 2 rings (SSSR count).